The summed E-state index contributed by atoms with van der Waals surface area (Å²) in [4.78, 5) is 0. The lowest BCUT2D eigenvalue weighted by Gasteiger charge is -2.13. The molecule has 0 spiro atoms. The summed E-state index contributed by atoms with van der Waals surface area (Å²) in [6.07, 6.45) is 3.53. The van der Waals surface area contributed by atoms with Crippen molar-refractivity contribution >= 4 is 23.0 Å². The van der Waals surface area contributed by atoms with Crippen molar-refractivity contribution in [3.63, 3.8) is 0 Å². The molecular formula is C17H26N2O2S. The molecule has 0 bridgehead atoms. The second kappa shape index (κ2) is 9.08. The first-order chi connectivity index (χ1) is 10.6. The summed E-state index contributed by atoms with van der Waals surface area (Å²) in [5.74, 6) is 0. The van der Waals surface area contributed by atoms with Crippen LogP contribution in [-0.2, 0) is 9.47 Å². The minimum Gasteiger partial charge on any atom is -0.379 e. The number of anilines is 1. The van der Waals surface area contributed by atoms with Gasteiger partial charge in [-0.25, -0.2) is 0 Å². The fourth-order valence-corrected chi connectivity index (χ4v) is 2.81. The van der Waals surface area contributed by atoms with Crippen LogP contribution in [0.5, 0.6) is 0 Å². The van der Waals surface area contributed by atoms with Gasteiger partial charge in [0.2, 0.25) is 0 Å². The van der Waals surface area contributed by atoms with E-state index in [9.17, 15) is 0 Å². The maximum Gasteiger partial charge on any atom is 0.170 e. The van der Waals surface area contributed by atoms with Gasteiger partial charge in [-0.2, -0.15) is 0 Å². The molecule has 4 nitrogen and oxygen atoms in total. The van der Waals surface area contributed by atoms with Crippen LogP contribution in [0.3, 0.4) is 0 Å². The highest BCUT2D eigenvalue weighted by molar-refractivity contribution is 7.80. The number of benzene rings is 1. The predicted molar refractivity (Wildman–Crippen MR) is 94.5 cm³/mol. The molecule has 1 aromatic rings. The number of hydrogen-bond acceptors (Lipinski definition) is 3. The van der Waals surface area contributed by atoms with E-state index in [0.717, 1.165) is 44.7 Å². The first kappa shape index (κ1) is 17.2. The molecule has 1 saturated heterocycles. The Morgan fingerprint density at radius 3 is 2.77 bits per heavy atom. The molecule has 122 valence electrons. The normalized spacial score (nSPS) is 17.5. The van der Waals surface area contributed by atoms with Crippen molar-refractivity contribution < 1.29 is 9.47 Å². The van der Waals surface area contributed by atoms with Crippen molar-refractivity contribution in [2.75, 3.05) is 31.7 Å². The molecule has 1 fully saturated rings. The molecule has 1 atom stereocenters. The molecule has 2 N–H and O–H groups in total. The van der Waals surface area contributed by atoms with Gasteiger partial charge in [0.15, 0.2) is 5.11 Å². The SMILES string of the molecule is Cc1cc(C)cc(NC(=S)NCCCOC[C@H]2CCCO2)c1. The van der Waals surface area contributed by atoms with Gasteiger partial charge in [0, 0.05) is 25.4 Å². The monoisotopic (exact) mass is 322 g/mol. The molecule has 0 radical (unpaired) electrons. The first-order valence-corrected chi connectivity index (χ1v) is 8.37. The van der Waals surface area contributed by atoms with Crippen molar-refractivity contribution in [3.8, 4) is 0 Å². The van der Waals surface area contributed by atoms with Gasteiger partial charge in [0.25, 0.3) is 0 Å². The Labute approximate surface area is 138 Å². The average Bonchev–Trinajstić information content (AvgIpc) is 2.94. The van der Waals surface area contributed by atoms with E-state index in [-0.39, 0.29) is 0 Å². The van der Waals surface area contributed by atoms with Crippen LogP contribution in [0, 0.1) is 13.8 Å². The number of hydrogen-bond donors (Lipinski definition) is 2. The van der Waals surface area contributed by atoms with Crippen LogP contribution in [0.4, 0.5) is 5.69 Å². The van der Waals surface area contributed by atoms with Gasteiger partial charge >= 0.3 is 0 Å². The molecule has 5 heteroatoms. The van der Waals surface area contributed by atoms with Crippen molar-refractivity contribution in [3.05, 3.63) is 29.3 Å². The Bertz CT molecular complexity index is 467. The lowest BCUT2D eigenvalue weighted by Crippen LogP contribution is -2.30. The Balaban J connectivity index is 1.55. The lowest BCUT2D eigenvalue weighted by molar-refractivity contribution is 0.0168. The topological polar surface area (TPSA) is 42.5 Å². The van der Waals surface area contributed by atoms with Crippen LogP contribution in [-0.4, -0.2) is 37.6 Å². The molecule has 0 amide bonds. The Morgan fingerprint density at radius 2 is 2.09 bits per heavy atom. The predicted octanol–water partition coefficient (Wildman–Crippen LogP) is 3.18. The number of aryl methyl sites for hydroxylation is 2. The zero-order valence-corrected chi connectivity index (χ0v) is 14.3. The van der Waals surface area contributed by atoms with E-state index in [1.165, 1.54) is 11.1 Å². The van der Waals surface area contributed by atoms with E-state index in [4.69, 9.17) is 21.7 Å². The molecule has 1 aliphatic rings. The third-order valence-electron chi connectivity index (χ3n) is 3.56. The van der Waals surface area contributed by atoms with Gasteiger partial charge in [-0.1, -0.05) is 6.07 Å². The zero-order valence-electron chi connectivity index (χ0n) is 13.5. The molecule has 22 heavy (non-hydrogen) atoms. The largest absolute Gasteiger partial charge is 0.379 e. The van der Waals surface area contributed by atoms with Gasteiger partial charge in [-0.05, 0) is 68.6 Å². The Kier molecular flexibility index (Phi) is 7.09. The van der Waals surface area contributed by atoms with E-state index in [0.29, 0.717) is 17.8 Å². The van der Waals surface area contributed by atoms with Crippen LogP contribution in [0.2, 0.25) is 0 Å². The summed E-state index contributed by atoms with van der Waals surface area (Å²) >= 11 is 5.30. The van der Waals surface area contributed by atoms with Crippen LogP contribution in [0.1, 0.15) is 30.4 Å². The highest BCUT2D eigenvalue weighted by Crippen LogP contribution is 2.13. The van der Waals surface area contributed by atoms with Gasteiger partial charge in [-0.3, -0.25) is 0 Å². The van der Waals surface area contributed by atoms with Crippen molar-refractivity contribution in [1.29, 1.82) is 0 Å². The van der Waals surface area contributed by atoms with Crippen LogP contribution < -0.4 is 10.6 Å². The summed E-state index contributed by atoms with van der Waals surface area (Å²) in [6, 6.07) is 6.32. The summed E-state index contributed by atoms with van der Waals surface area (Å²) < 4.78 is 11.1. The van der Waals surface area contributed by atoms with Crippen LogP contribution >= 0.6 is 12.2 Å². The lowest BCUT2D eigenvalue weighted by atomic mass is 10.1. The van der Waals surface area contributed by atoms with Gasteiger partial charge in [0.05, 0.1) is 12.7 Å². The Hall–Kier alpha value is -1.17. The number of rotatable bonds is 7. The van der Waals surface area contributed by atoms with E-state index in [2.05, 4.69) is 42.7 Å². The smallest absolute Gasteiger partial charge is 0.170 e. The van der Waals surface area contributed by atoms with E-state index in [1.54, 1.807) is 0 Å². The number of nitrogens with one attached hydrogen (secondary N) is 2. The summed E-state index contributed by atoms with van der Waals surface area (Å²) in [5.41, 5.74) is 3.49. The van der Waals surface area contributed by atoms with E-state index < -0.39 is 0 Å². The molecule has 0 aromatic heterocycles. The van der Waals surface area contributed by atoms with Crippen LogP contribution in [0.15, 0.2) is 18.2 Å². The maximum absolute atomic E-state index is 5.62. The van der Waals surface area contributed by atoms with E-state index >= 15 is 0 Å². The standard InChI is InChI=1S/C17H26N2O2S/c1-13-9-14(2)11-15(10-13)19-17(22)18-6-4-7-20-12-16-5-3-8-21-16/h9-11,16H,3-8,12H2,1-2H3,(H2,18,19,22)/t16-/m1/s1. The zero-order chi connectivity index (χ0) is 15.8. The molecule has 0 unspecified atom stereocenters. The molecular weight excluding hydrogens is 296 g/mol. The summed E-state index contributed by atoms with van der Waals surface area (Å²) in [6.45, 7) is 7.31. The molecule has 0 saturated carbocycles. The highest BCUT2D eigenvalue weighted by Gasteiger charge is 2.14. The molecule has 1 aromatic carbocycles. The summed E-state index contributed by atoms with van der Waals surface area (Å²) in [7, 11) is 0. The third kappa shape index (κ3) is 6.30. The highest BCUT2D eigenvalue weighted by atomic mass is 32.1. The third-order valence-corrected chi connectivity index (χ3v) is 3.80. The molecule has 2 rings (SSSR count). The fraction of sp³-hybridized carbons (Fsp3) is 0.588. The number of thiocarbonyl (C=S) groups is 1. The first-order valence-electron chi connectivity index (χ1n) is 7.96. The summed E-state index contributed by atoms with van der Waals surface area (Å²) in [5, 5.41) is 7.08. The minimum atomic E-state index is 0.306. The number of ether oxygens (including phenoxy) is 2. The average molecular weight is 322 g/mol. The van der Waals surface area contributed by atoms with Crippen LogP contribution in [0.25, 0.3) is 0 Å². The van der Waals surface area contributed by atoms with Gasteiger partial charge in [0.1, 0.15) is 0 Å². The van der Waals surface area contributed by atoms with Crippen molar-refractivity contribution in [2.24, 2.45) is 0 Å². The second-order valence-electron chi connectivity index (χ2n) is 5.82. The quantitative estimate of drug-likeness (QED) is 0.596. The minimum absolute atomic E-state index is 0.306. The van der Waals surface area contributed by atoms with E-state index in [1.807, 2.05) is 0 Å². The molecule has 1 aliphatic heterocycles. The van der Waals surface area contributed by atoms with Gasteiger partial charge in [-0.15, -0.1) is 0 Å². The molecule has 0 aliphatic carbocycles. The maximum atomic E-state index is 5.62. The van der Waals surface area contributed by atoms with Gasteiger partial charge < -0.3 is 20.1 Å². The van der Waals surface area contributed by atoms with Crippen molar-refractivity contribution in [2.45, 2.75) is 39.2 Å². The van der Waals surface area contributed by atoms with Crippen molar-refractivity contribution in [1.82, 2.24) is 5.32 Å². The Morgan fingerprint density at radius 1 is 1.32 bits per heavy atom. The fourth-order valence-electron chi connectivity index (χ4n) is 2.59. The second-order valence-corrected chi connectivity index (χ2v) is 6.23. The molecule has 1 heterocycles.